The first-order chi connectivity index (χ1) is 14.5. The predicted octanol–water partition coefficient (Wildman–Crippen LogP) is 3.59. The van der Waals surface area contributed by atoms with Crippen LogP contribution in [0.5, 0.6) is 0 Å². The number of esters is 2. The number of carbonyl (C=O) groups is 2. The van der Waals surface area contributed by atoms with E-state index in [9.17, 15) is 9.59 Å². The fraction of sp³-hybridized carbons (Fsp3) is 0.417. The van der Waals surface area contributed by atoms with Gasteiger partial charge in [0.1, 0.15) is 25.3 Å². The van der Waals surface area contributed by atoms with Crippen molar-refractivity contribution in [3.63, 3.8) is 0 Å². The highest BCUT2D eigenvalue weighted by atomic mass is 16.5. The van der Waals surface area contributed by atoms with Gasteiger partial charge < -0.3 is 20.5 Å². The first-order valence-corrected chi connectivity index (χ1v) is 10.4. The Balaban J connectivity index is 0.000000303. The summed E-state index contributed by atoms with van der Waals surface area (Å²) >= 11 is 0. The van der Waals surface area contributed by atoms with Gasteiger partial charge in [-0.2, -0.15) is 0 Å². The van der Waals surface area contributed by atoms with E-state index in [0.29, 0.717) is 19.6 Å². The molecule has 0 fully saturated rings. The molecule has 0 aliphatic heterocycles. The molecule has 30 heavy (non-hydrogen) atoms. The van der Waals surface area contributed by atoms with Crippen molar-refractivity contribution >= 4 is 11.9 Å². The number of nitrogens with one attached hydrogen (secondary N) is 1. The summed E-state index contributed by atoms with van der Waals surface area (Å²) in [5.74, 6) is -0.510. The van der Waals surface area contributed by atoms with E-state index in [-0.39, 0.29) is 18.0 Å². The molecule has 0 radical (unpaired) electrons. The quantitative estimate of drug-likeness (QED) is 0.578. The van der Waals surface area contributed by atoms with Crippen molar-refractivity contribution in [3.8, 4) is 0 Å². The second-order valence-corrected chi connectivity index (χ2v) is 6.72. The third-order valence-corrected chi connectivity index (χ3v) is 4.33. The van der Waals surface area contributed by atoms with E-state index >= 15 is 0 Å². The van der Waals surface area contributed by atoms with Crippen molar-refractivity contribution in [3.05, 3.63) is 71.8 Å². The van der Waals surface area contributed by atoms with Crippen molar-refractivity contribution in [2.24, 2.45) is 5.73 Å². The number of carbonyl (C=O) groups excluding carboxylic acids is 2. The maximum absolute atomic E-state index is 11.7. The van der Waals surface area contributed by atoms with Gasteiger partial charge in [-0.1, -0.05) is 81.4 Å². The highest BCUT2D eigenvalue weighted by Crippen LogP contribution is 2.03. The van der Waals surface area contributed by atoms with Crippen LogP contribution in [-0.2, 0) is 32.3 Å². The van der Waals surface area contributed by atoms with Gasteiger partial charge in [0.05, 0.1) is 0 Å². The molecule has 164 valence electrons. The molecule has 0 saturated heterocycles. The van der Waals surface area contributed by atoms with Gasteiger partial charge in [-0.15, -0.1) is 0 Å². The van der Waals surface area contributed by atoms with Crippen LogP contribution in [-0.4, -0.2) is 30.6 Å². The molecule has 2 rings (SSSR count). The van der Waals surface area contributed by atoms with Gasteiger partial charge in [-0.05, 0) is 30.5 Å². The van der Waals surface area contributed by atoms with Crippen LogP contribution < -0.4 is 11.1 Å². The van der Waals surface area contributed by atoms with Crippen molar-refractivity contribution in [2.75, 3.05) is 6.54 Å². The zero-order valence-corrected chi connectivity index (χ0v) is 18.2. The molecule has 2 aromatic rings. The zero-order chi connectivity index (χ0) is 22.2. The van der Waals surface area contributed by atoms with E-state index in [0.717, 1.165) is 24.1 Å². The molecule has 6 heteroatoms. The maximum atomic E-state index is 11.7. The molecule has 0 spiro atoms. The van der Waals surface area contributed by atoms with Gasteiger partial charge in [-0.25, -0.2) is 0 Å². The molecular formula is C24H34N2O4. The fourth-order valence-corrected chi connectivity index (χ4v) is 2.47. The fourth-order valence-electron chi connectivity index (χ4n) is 2.47. The summed E-state index contributed by atoms with van der Waals surface area (Å²) in [7, 11) is 0. The zero-order valence-electron chi connectivity index (χ0n) is 18.2. The minimum atomic E-state index is -0.501. The monoisotopic (exact) mass is 414 g/mol. The first kappa shape index (κ1) is 25.3. The molecule has 0 amide bonds. The van der Waals surface area contributed by atoms with Gasteiger partial charge in [0.2, 0.25) is 0 Å². The highest BCUT2D eigenvalue weighted by molar-refractivity contribution is 5.75. The topological polar surface area (TPSA) is 90.6 Å². The largest absolute Gasteiger partial charge is 0.460 e. The molecule has 0 aromatic heterocycles. The number of ether oxygens (including phenoxy) is 2. The molecule has 0 heterocycles. The molecule has 0 bridgehead atoms. The second-order valence-electron chi connectivity index (χ2n) is 6.72. The Morgan fingerprint density at radius 3 is 1.67 bits per heavy atom. The summed E-state index contributed by atoms with van der Waals surface area (Å²) < 4.78 is 10.2. The Morgan fingerprint density at radius 2 is 1.27 bits per heavy atom. The number of hydrogen-bond acceptors (Lipinski definition) is 6. The van der Waals surface area contributed by atoms with E-state index in [1.54, 1.807) is 0 Å². The smallest absolute Gasteiger partial charge is 0.323 e. The highest BCUT2D eigenvalue weighted by Gasteiger charge is 2.16. The Kier molecular flexibility index (Phi) is 12.8. The van der Waals surface area contributed by atoms with E-state index in [1.807, 2.05) is 81.4 Å². The molecule has 0 aliphatic rings. The minimum Gasteiger partial charge on any atom is -0.460 e. The van der Waals surface area contributed by atoms with E-state index < -0.39 is 6.04 Å². The van der Waals surface area contributed by atoms with Crippen molar-refractivity contribution in [1.82, 2.24) is 5.32 Å². The Morgan fingerprint density at radius 1 is 0.800 bits per heavy atom. The van der Waals surface area contributed by atoms with Gasteiger partial charge >= 0.3 is 11.9 Å². The average molecular weight is 415 g/mol. The lowest BCUT2D eigenvalue weighted by Crippen LogP contribution is -2.37. The lowest BCUT2D eigenvalue weighted by molar-refractivity contribution is -0.148. The third-order valence-electron chi connectivity index (χ3n) is 4.33. The number of hydrogen-bond donors (Lipinski definition) is 2. The molecule has 0 unspecified atom stereocenters. The van der Waals surface area contributed by atoms with Crippen molar-refractivity contribution in [1.29, 1.82) is 0 Å². The number of likely N-dealkylation sites (N-methyl/N-ethyl adjacent to an activating group) is 1. The summed E-state index contributed by atoms with van der Waals surface area (Å²) in [5, 5.41) is 3.09. The normalized spacial score (nSPS) is 12.1. The molecule has 6 nitrogen and oxygen atoms in total. The first-order valence-electron chi connectivity index (χ1n) is 10.4. The van der Waals surface area contributed by atoms with Crippen LogP contribution in [0.25, 0.3) is 0 Å². The molecule has 2 atom stereocenters. The van der Waals surface area contributed by atoms with Gasteiger partial charge in [0, 0.05) is 0 Å². The number of nitrogens with two attached hydrogens (primary N) is 1. The van der Waals surface area contributed by atoms with Crippen LogP contribution in [0, 0.1) is 0 Å². The van der Waals surface area contributed by atoms with Crippen molar-refractivity contribution < 1.29 is 19.1 Å². The summed E-state index contributed by atoms with van der Waals surface area (Å²) in [6.07, 6.45) is 1.36. The molecule has 0 aliphatic carbocycles. The third kappa shape index (κ3) is 10.2. The van der Waals surface area contributed by atoms with E-state index in [2.05, 4.69) is 5.32 Å². The molecule has 0 saturated carbocycles. The summed E-state index contributed by atoms with van der Waals surface area (Å²) in [4.78, 5) is 22.9. The van der Waals surface area contributed by atoms with Crippen molar-refractivity contribution in [2.45, 2.75) is 58.9 Å². The summed E-state index contributed by atoms with van der Waals surface area (Å²) in [6.45, 7) is 7.23. The van der Waals surface area contributed by atoms with Gasteiger partial charge in [0.15, 0.2) is 0 Å². The maximum Gasteiger partial charge on any atom is 0.323 e. The van der Waals surface area contributed by atoms with Gasteiger partial charge in [-0.3, -0.25) is 9.59 Å². The Hall–Kier alpha value is -2.70. The Labute approximate surface area is 179 Å². The van der Waals surface area contributed by atoms with E-state index in [1.165, 1.54) is 0 Å². The standard InChI is InChI=1S/C13H19NO2.C11H15NO2/c1-3-12(14-4-2)13(15)16-10-11-8-6-5-7-9-11;1-2-10(12)11(13)14-8-9-6-4-3-5-7-9/h5-9,12,14H,3-4,10H2,1-2H3;3-7,10H,2,8,12H2,1H3/t12-;10-/m00/s1. The lowest BCUT2D eigenvalue weighted by atomic mass is 10.2. The molecule has 3 N–H and O–H groups in total. The number of rotatable bonds is 10. The SMILES string of the molecule is CCN[C@@H](CC)C(=O)OCc1ccccc1.CC[C@H](N)C(=O)OCc1ccccc1. The van der Waals surface area contributed by atoms with Crippen LogP contribution in [0.4, 0.5) is 0 Å². The minimum absolute atomic E-state index is 0.173. The van der Waals surface area contributed by atoms with E-state index in [4.69, 9.17) is 15.2 Å². The predicted molar refractivity (Wildman–Crippen MR) is 118 cm³/mol. The second kappa shape index (κ2) is 15.2. The van der Waals surface area contributed by atoms with Crippen LogP contribution in [0.1, 0.15) is 44.7 Å². The molecule has 2 aromatic carbocycles. The van der Waals surface area contributed by atoms with Crippen LogP contribution in [0.2, 0.25) is 0 Å². The summed E-state index contributed by atoms with van der Waals surface area (Å²) in [6, 6.07) is 18.6. The Bertz CT molecular complexity index is 723. The van der Waals surface area contributed by atoms with Crippen LogP contribution in [0.15, 0.2) is 60.7 Å². The number of benzene rings is 2. The average Bonchev–Trinajstić information content (AvgIpc) is 2.80. The molecular weight excluding hydrogens is 380 g/mol. The summed E-state index contributed by atoms with van der Waals surface area (Å²) in [5.41, 5.74) is 7.50. The van der Waals surface area contributed by atoms with Crippen LogP contribution >= 0.6 is 0 Å². The lowest BCUT2D eigenvalue weighted by Gasteiger charge is -2.14. The van der Waals surface area contributed by atoms with Crippen LogP contribution in [0.3, 0.4) is 0 Å². The van der Waals surface area contributed by atoms with Gasteiger partial charge in [0.25, 0.3) is 0 Å².